The van der Waals surface area contributed by atoms with Crippen molar-refractivity contribution in [2.24, 2.45) is 4.99 Å². The summed E-state index contributed by atoms with van der Waals surface area (Å²) in [5.41, 5.74) is 0.141. The minimum Gasteiger partial charge on any atom is -0.491 e. The number of hydrogen-bond acceptors (Lipinski definition) is 5. The van der Waals surface area contributed by atoms with Gasteiger partial charge in [-0.1, -0.05) is 18.2 Å². The lowest BCUT2D eigenvalue weighted by Gasteiger charge is -2.23. The molecule has 0 aliphatic carbocycles. The van der Waals surface area contributed by atoms with E-state index in [1.54, 1.807) is 25.4 Å². The highest BCUT2D eigenvalue weighted by Gasteiger charge is 2.24. The van der Waals surface area contributed by atoms with Crippen molar-refractivity contribution in [2.75, 3.05) is 33.4 Å². The van der Waals surface area contributed by atoms with Crippen LogP contribution in [0.5, 0.6) is 5.75 Å². The molecule has 3 N–H and O–H groups in total. The fraction of sp³-hybridized carbons (Fsp3) is 0.450. The molecule has 0 bridgehead atoms. The van der Waals surface area contributed by atoms with Crippen LogP contribution in [-0.4, -0.2) is 44.5 Å². The summed E-state index contributed by atoms with van der Waals surface area (Å²) in [5.74, 6) is 1.49. The molecule has 0 aliphatic heterocycles. The summed E-state index contributed by atoms with van der Waals surface area (Å²) >= 11 is 1.54. The third-order valence-electron chi connectivity index (χ3n) is 3.90. The molecule has 0 radical (unpaired) electrons. The van der Waals surface area contributed by atoms with E-state index in [9.17, 15) is 5.11 Å². The zero-order valence-corrected chi connectivity index (χ0v) is 17.0. The van der Waals surface area contributed by atoms with Crippen LogP contribution < -0.4 is 15.4 Å². The lowest BCUT2D eigenvalue weighted by Crippen LogP contribution is -2.44. The fourth-order valence-electron chi connectivity index (χ4n) is 2.37. The lowest BCUT2D eigenvalue weighted by molar-refractivity contribution is 0.0655. The quantitative estimate of drug-likeness (QED) is 0.330. The molecule has 1 aromatic heterocycles. The third-order valence-corrected chi connectivity index (χ3v) is 5.02. The Morgan fingerprint density at radius 1 is 1.19 bits per heavy atom. The average molecular weight is 392 g/mol. The molecule has 6 nitrogen and oxygen atoms in total. The van der Waals surface area contributed by atoms with Gasteiger partial charge in [-0.25, -0.2) is 4.99 Å². The van der Waals surface area contributed by atoms with E-state index in [0.717, 1.165) is 22.7 Å². The van der Waals surface area contributed by atoms with Gasteiger partial charge in [0.15, 0.2) is 5.96 Å². The highest BCUT2D eigenvalue weighted by molar-refractivity contribution is 7.10. The Hall–Kier alpha value is -2.09. The molecule has 1 heterocycles. The zero-order valence-electron chi connectivity index (χ0n) is 16.2. The van der Waals surface area contributed by atoms with Gasteiger partial charge in [0.05, 0.1) is 19.7 Å². The van der Waals surface area contributed by atoms with Crippen LogP contribution in [0.3, 0.4) is 0 Å². The molecule has 0 amide bonds. The maximum atomic E-state index is 10.6. The van der Waals surface area contributed by atoms with Crippen LogP contribution in [0.2, 0.25) is 0 Å². The SMILES string of the molecule is CCNC(=NCc1ccc(OCCOC)cc1)NCC(C)(O)c1cccs1. The maximum absolute atomic E-state index is 10.6. The zero-order chi connectivity index (χ0) is 19.5. The van der Waals surface area contributed by atoms with Gasteiger partial charge in [0, 0.05) is 18.5 Å². The first-order valence-electron chi connectivity index (χ1n) is 9.04. The number of rotatable bonds is 10. The minimum absolute atomic E-state index is 0.381. The highest BCUT2D eigenvalue weighted by atomic mass is 32.1. The summed E-state index contributed by atoms with van der Waals surface area (Å²) in [6.07, 6.45) is 0. The van der Waals surface area contributed by atoms with Crippen LogP contribution in [0.15, 0.2) is 46.8 Å². The van der Waals surface area contributed by atoms with E-state index in [1.165, 1.54) is 0 Å². The maximum Gasteiger partial charge on any atom is 0.191 e. The average Bonchev–Trinajstić information content (AvgIpc) is 3.21. The Kier molecular flexibility index (Phi) is 8.57. The van der Waals surface area contributed by atoms with Crippen LogP contribution in [0.4, 0.5) is 0 Å². The first kappa shape index (κ1) is 21.2. The summed E-state index contributed by atoms with van der Waals surface area (Å²) in [6, 6.07) is 11.7. The molecule has 1 unspecified atom stereocenters. The van der Waals surface area contributed by atoms with Crippen LogP contribution >= 0.6 is 11.3 Å². The summed E-state index contributed by atoms with van der Waals surface area (Å²) in [5, 5.41) is 19.0. The van der Waals surface area contributed by atoms with Crippen molar-refractivity contribution >= 4 is 17.3 Å². The Balaban J connectivity index is 1.90. The van der Waals surface area contributed by atoms with Crippen molar-refractivity contribution in [3.8, 4) is 5.75 Å². The largest absolute Gasteiger partial charge is 0.491 e. The molecule has 148 valence electrons. The molecule has 0 aliphatic rings. The van der Waals surface area contributed by atoms with E-state index in [-0.39, 0.29) is 0 Å². The topological polar surface area (TPSA) is 75.1 Å². The summed E-state index contributed by atoms with van der Waals surface area (Å²) < 4.78 is 10.5. The number of nitrogens with one attached hydrogen (secondary N) is 2. The number of methoxy groups -OCH3 is 1. The van der Waals surface area contributed by atoms with E-state index in [4.69, 9.17) is 9.47 Å². The van der Waals surface area contributed by atoms with Crippen LogP contribution in [-0.2, 0) is 16.9 Å². The molecule has 0 saturated carbocycles. The molecule has 0 fully saturated rings. The third kappa shape index (κ3) is 7.21. The molecule has 1 atom stereocenters. The number of aliphatic imine (C=N–C) groups is 1. The van der Waals surface area contributed by atoms with Gasteiger partial charge in [0.25, 0.3) is 0 Å². The van der Waals surface area contributed by atoms with Crippen molar-refractivity contribution in [3.63, 3.8) is 0 Å². The Morgan fingerprint density at radius 2 is 1.96 bits per heavy atom. The van der Waals surface area contributed by atoms with Crippen LogP contribution in [0, 0.1) is 0 Å². The highest BCUT2D eigenvalue weighted by Crippen LogP contribution is 2.24. The van der Waals surface area contributed by atoms with Gasteiger partial charge in [0.1, 0.15) is 18.0 Å². The smallest absolute Gasteiger partial charge is 0.191 e. The van der Waals surface area contributed by atoms with Gasteiger partial charge in [-0.05, 0) is 43.0 Å². The second kappa shape index (κ2) is 10.9. The molecule has 2 rings (SSSR count). The predicted octanol–water partition coefficient (Wildman–Crippen LogP) is 2.74. The predicted molar refractivity (Wildman–Crippen MR) is 111 cm³/mol. The first-order valence-corrected chi connectivity index (χ1v) is 9.92. The van der Waals surface area contributed by atoms with Gasteiger partial charge in [-0.2, -0.15) is 0 Å². The van der Waals surface area contributed by atoms with Gasteiger partial charge in [-0.15, -0.1) is 11.3 Å². The molecule has 2 aromatic rings. The monoisotopic (exact) mass is 391 g/mol. The molecule has 27 heavy (non-hydrogen) atoms. The molecule has 7 heteroatoms. The van der Waals surface area contributed by atoms with Crippen molar-refractivity contribution in [3.05, 3.63) is 52.2 Å². The standard InChI is InChI=1S/C20H29N3O3S/c1-4-21-19(23-15-20(2,24)18-6-5-13-27-18)22-14-16-7-9-17(10-8-16)26-12-11-25-3/h5-10,13,24H,4,11-12,14-15H2,1-3H3,(H2,21,22,23). The normalized spacial score (nSPS) is 13.9. The molecule has 1 aromatic carbocycles. The lowest BCUT2D eigenvalue weighted by atomic mass is 10.1. The van der Waals surface area contributed by atoms with E-state index in [2.05, 4.69) is 15.6 Å². The van der Waals surface area contributed by atoms with Gasteiger partial charge in [0.2, 0.25) is 0 Å². The Morgan fingerprint density at radius 3 is 2.59 bits per heavy atom. The molecule has 0 spiro atoms. The van der Waals surface area contributed by atoms with E-state index in [0.29, 0.717) is 32.3 Å². The van der Waals surface area contributed by atoms with Crippen LogP contribution in [0.1, 0.15) is 24.3 Å². The molecule has 0 saturated heterocycles. The minimum atomic E-state index is -0.939. The van der Waals surface area contributed by atoms with Crippen LogP contribution in [0.25, 0.3) is 0 Å². The van der Waals surface area contributed by atoms with E-state index < -0.39 is 5.60 Å². The van der Waals surface area contributed by atoms with E-state index >= 15 is 0 Å². The van der Waals surface area contributed by atoms with E-state index in [1.807, 2.05) is 48.7 Å². The van der Waals surface area contributed by atoms with Gasteiger partial charge < -0.3 is 25.2 Å². The number of hydrogen-bond donors (Lipinski definition) is 3. The number of guanidine groups is 1. The second-order valence-corrected chi connectivity index (χ2v) is 7.23. The van der Waals surface area contributed by atoms with Crippen molar-refractivity contribution < 1.29 is 14.6 Å². The molecular weight excluding hydrogens is 362 g/mol. The van der Waals surface area contributed by atoms with Crippen molar-refractivity contribution in [1.82, 2.24) is 10.6 Å². The summed E-state index contributed by atoms with van der Waals surface area (Å²) in [4.78, 5) is 5.52. The number of nitrogens with zero attached hydrogens (tertiary/aromatic N) is 1. The number of benzene rings is 1. The first-order chi connectivity index (χ1) is 13.0. The molecular formula is C20H29N3O3S. The number of aliphatic hydroxyl groups is 1. The Labute approximate surface area is 165 Å². The number of ether oxygens (including phenoxy) is 2. The Bertz CT molecular complexity index is 685. The van der Waals surface area contributed by atoms with Crippen molar-refractivity contribution in [1.29, 1.82) is 0 Å². The number of thiophene rings is 1. The summed E-state index contributed by atoms with van der Waals surface area (Å²) in [7, 11) is 1.65. The summed E-state index contributed by atoms with van der Waals surface area (Å²) in [6.45, 7) is 6.59. The fourth-order valence-corrected chi connectivity index (χ4v) is 3.16. The second-order valence-electron chi connectivity index (χ2n) is 6.29. The van der Waals surface area contributed by atoms with Gasteiger partial charge >= 0.3 is 0 Å². The van der Waals surface area contributed by atoms with Crippen molar-refractivity contribution in [2.45, 2.75) is 26.0 Å². The van der Waals surface area contributed by atoms with Gasteiger partial charge in [-0.3, -0.25) is 0 Å².